The lowest BCUT2D eigenvalue weighted by Crippen LogP contribution is -2.16. The Kier molecular flexibility index (Phi) is 4.03. The predicted octanol–water partition coefficient (Wildman–Crippen LogP) is 2.23. The van der Waals surface area contributed by atoms with E-state index in [9.17, 15) is 0 Å². The van der Waals surface area contributed by atoms with E-state index in [2.05, 4.69) is 35.1 Å². The molecule has 108 valence electrons. The minimum atomic E-state index is 0.238. The normalized spacial score (nSPS) is 15.1. The number of nitrogens with zero attached hydrogens (tertiary/aromatic N) is 2. The molecule has 0 amide bonds. The molecule has 1 saturated carbocycles. The first-order valence-electron chi connectivity index (χ1n) is 7.63. The van der Waals surface area contributed by atoms with Gasteiger partial charge >= 0.3 is 0 Å². The van der Waals surface area contributed by atoms with Gasteiger partial charge in [0, 0.05) is 43.0 Å². The third-order valence-electron chi connectivity index (χ3n) is 3.94. The Bertz CT molecular complexity index is 587. The molecule has 2 heterocycles. The molecule has 2 N–H and O–H groups in total. The van der Waals surface area contributed by atoms with E-state index in [1.807, 2.05) is 0 Å². The monoisotopic (exact) mass is 273 g/mol. The van der Waals surface area contributed by atoms with Crippen molar-refractivity contribution < 1.29 is 5.11 Å². The fraction of sp³-hybridized carbons (Fsp3) is 0.562. The second-order valence-electron chi connectivity index (χ2n) is 5.59. The van der Waals surface area contributed by atoms with E-state index in [0.717, 1.165) is 31.6 Å². The maximum atomic E-state index is 9.01. The summed E-state index contributed by atoms with van der Waals surface area (Å²) in [6.07, 6.45) is 6.46. The van der Waals surface area contributed by atoms with Crippen molar-refractivity contribution in [2.75, 3.05) is 6.61 Å². The lowest BCUT2D eigenvalue weighted by molar-refractivity contribution is 0.280. The maximum absolute atomic E-state index is 9.01. The molecule has 0 aromatic carbocycles. The van der Waals surface area contributed by atoms with Gasteiger partial charge < -0.3 is 15.0 Å². The number of aromatic nitrogens is 2. The van der Waals surface area contributed by atoms with Crippen molar-refractivity contribution in [3.8, 4) is 0 Å². The van der Waals surface area contributed by atoms with Crippen molar-refractivity contribution in [2.24, 2.45) is 0 Å². The first kappa shape index (κ1) is 13.6. The van der Waals surface area contributed by atoms with Crippen LogP contribution in [0.1, 0.15) is 37.6 Å². The smallest absolute Gasteiger partial charge is 0.0566 e. The van der Waals surface area contributed by atoms with Gasteiger partial charge in [0.2, 0.25) is 0 Å². The van der Waals surface area contributed by atoms with Gasteiger partial charge in [0.15, 0.2) is 0 Å². The van der Waals surface area contributed by atoms with E-state index in [1.54, 1.807) is 0 Å². The van der Waals surface area contributed by atoms with Crippen LogP contribution in [0, 0.1) is 0 Å². The van der Waals surface area contributed by atoms with Crippen LogP contribution in [0.5, 0.6) is 0 Å². The van der Waals surface area contributed by atoms with E-state index in [0.29, 0.717) is 6.04 Å². The van der Waals surface area contributed by atoms with Crippen LogP contribution in [0.4, 0.5) is 0 Å². The average Bonchev–Trinajstić information content (AvgIpc) is 3.22. The molecule has 0 unspecified atom stereocenters. The molecule has 1 aliphatic carbocycles. The van der Waals surface area contributed by atoms with Gasteiger partial charge in [-0.2, -0.15) is 0 Å². The summed E-state index contributed by atoms with van der Waals surface area (Å²) < 4.78 is 2.23. The number of nitrogens with one attached hydrogen (secondary N) is 1. The minimum absolute atomic E-state index is 0.238. The van der Waals surface area contributed by atoms with Crippen LogP contribution in [0.15, 0.2) is 18.3 Å². The van der Waals surface area contributed by atoms with Gasteiger partial charge in [-0.25, -0.2) is 0 Å². The third-order valence-corrected chi connectivity index (χ3v) is 3.94. The van der Waals surface area contributed by atoms with Gasteiger partial charge in [-0.05, 0) is 37.8 Å². The van der Waals surface area contributed by atoms with E-state index >= 15 is 0 Å². The zero-order valence-electron chi connectivity index (χ0n) is 12.1. The number of rotatable bonds is 7. The quantitative estimate of drug-likeness (QED) is 0.813. The molecule has 4 nitrogen and oxygen atoms in total. The first-order valence-corrected chi connectivity index (χ1v) is 7.63. The molecule has 0 radical (unpaired) electrons. The SMILES string of the molecule is CCc1nc(CNC2CC2)cc2c1ccn2CCCO. The summed E-state index contributed by atoms with van der Waals surface area (Å²) in [6.45, 7) is 4.12. The molecule has 0 aliphatic heterocycles. The summed E-state index contributed by atoms with van der Waals surface area (Å²) in [6, 6.07) is 5.05. The summed E-state index contributed by atoms with van der Waals surface area (Å²) >= 11 is 0. The molecule has 1 aliphatic rings. The largest absolute Gasteiger partial charge is 0.396 e. The summed E-state index contributed by atoms with van der Waals surface area (Å²) in [5.41, 5.74) is 3.56. The summed E-state index contributed by atoms with van der Waals surface area (Å²) in [4.78, 5) is 4.79. The van der Waals surface area contributed by atoms with Crippen molar-refractivity contribution in [1.29, 1.82) is 0 Å². The van der Waals surface area contributed by atoms with Crippen molar-refractivity contribution in [3.63, 3.8) is 0 Å². The predicted molar refractivity (Wildman–Crippen MR) is 80.7 cm³/mol. The van der Waals surface area contributed by atoms with E-state index in [1.165, 1.54) is 29.4 Å². The van der Waals surface area contributed by atoms with Gasteiger partial charge in [-0.1, -0.05) is 6.92 Å². The van der Waals surface area contributed by atoms with Gasteiger partial charge in [-0.15, -0.1) is 0 Å². The Morgan fingerprint density at radius 3 is 3.00 bits per heavy atom. The van der Waals surface area contributed by atoms with Crippen molar-refractivity contribution in [2.45, 2.75) is 51.7 Å². The van der Waals surface area contributed by atoms with Crippen molar-refractivity contribution in [1.82, 2.24) is 14.9 Å². The lowest BCUT2D eigenvalue weighted by atomic mass is 10.1. The summed E-state index contributed by atoms with van der Waals surface area (Å²) in [5, 5.41) is 13.8. The Morgan fingerprint density at radius 2 is 2.30 bits per heavy atom. The highest BCUT2D eigenvalue weighted by atomic mass is 16.3. The van der Waals surface area contributed by atoms with Crippen LogP contribution in [0.2, 0.25) is 0 Å². The van der Waals surface area contributed by atoms with Crippen molar-refractivity contribution >= 4 is 10.9 Å². The van der Waals surface area contributed by atoms with Gasteiger partial charge in [-0.3, -0.25) is 4.98 Å². The first-order chi connectivity index (χ1) is 9.81. The molecule has 3 rings (SSSR count). The second kappa shape index (κ2) is 5.94. The van der Waals surface area contributed by atoms with E-state index in [4.69, 9.17) is 10.1 Å². The molecule has 4 heteroatoms. The molecule has 2 aromatic rings. The van der Waals surface area contributed by atoms with Gasteiger partial charge in [0.25, 0.3) is 0 Å². The highest BCUT2D eigenvalue weighted by Crippen LogP contribution is 2.23. The Hall–Kier alpha value is -1.39. The molecule has 20 heavy (non-hydrogen) atoms. The van der Waals surface area contributed by atoms with Crippen molar-refractivity contribution in [3.05, 3.63) is 29.7 Å². The Morgan fingerprint density at radius 1 is 1.45 bits per heavy atom. The number of hydrogen-bond acceptors (Lipinski definition) is 3. The van der Waals surface area contributed by atoms with Crippen LogP contribution in [-0.2, 0) is 19.5 Å². The topological polar surface area (TPSA) is 50.1 Å². The minimum Gasteiger partial charge on any atom is -0.396 e. The van der Waals surface area contributed by atoms with Crippen LogP contribution in [0.3, 0.4) is 0 Å². The maximum Gasteiger partial charge on any atom is 0.0566 e. The Balaban J connectivity index is 1.90. The molecule has 0 saturated heterocycles. The fourth-order valence-corrected chi connectivity index (χ4v) is 2.65. The van der Waals surface area contributed by atoms with Gasteiger partial charge in [0.05, 0.1) is 11.2 Å². The van der Waals surface area contributed by atoms with Crippen LogP contribution < -0.4 is 5.32 Å². The average molecular weight is 273 g/mol. The molecule has 1 fully saturated rings. The molecular weight excluding hydrogens is 250 g/mol. The third kappa shape index (κ3) is 2.86. The number of aryl methyl sites for hydroxylation is 2. The fourth-order valence-electron chi connectivity index (χ4n) is 2.65. The number of aliphatic hydroxyl groups is 1. The molecule has 0 atom stereocenters. The lowest BCUT2D eigenvalue weighted by Gasteiger charge is -2.09. The Labute approximate surface area is 119 Å². The molecule has 2 aromatic heterocycles. The number of hydrogen-bond donors (Lipinski definition) is 2. The molecule has 0 bridgehead atoms. The zero-order chi connectivity index (χ0) is 13.9. The van der Waals surface area contributed by atoms with Gasteiger partial charge in [0.1, 0.15) is 0 Å². The highest BCUT2D eigenvalue weighted by molar-refractivity contribution is 5.82. The number of aliphatic hydroxyl groups excluding tert-OH is 1. The van der Waals surface area contributed by atoms with Crippen LogP contribution >= 0.6 is 0 Å². The zero-order valence-corrected chi connectivity index (χ0v) is 12.1. The van der Waals surface area contributed by atoms with Crippen LogP contribution in [-0.4, -0.2) is 27.3 Å². The summed E-state index contributed by atoms with van der Waals surface area (Å²) in [7, 11) is 0. The molecular formula is C16H23N3O. The standard InChI is InChI=1S/C16H23N3O/c1-2-15-14-6-8-19(7-3-9-20)16(14)10-13(18-15)11-17-12-4-5-12/h6,8,10,12,17,20H,2-5,7,9,11H2,1H3. The van der Waals surface area contributed by atoms with E-state index in [-0.39, 0.29) is 6.61 Å². The second-order valence-corrected chi connectivity index (χ2v) is 5.59. The van der Waals surface area contributed by atoms with E-state index < -0.39 is 0 Å². The number of pyridine rings is 1. The summed E-state index contributed by atoms with van der Waals surface area (Å²) in [5.74, 6) is 0. The highest BCUT2D eigenvalue weighted by Gasteiger charge is 2.20. The van der Waals surface area contributed by atoms with Crippen LogP contribution in [0.25, 0.3) is 10.9 Å². The molecule has 0 spiro atoms. The number of fused-ring (bicyclic) bond motifs is 1.